The van der Waals surface area contributed by atoms with Gasteiger partial charge >= 0.3 is 0 Å². The number of piperidine rings is 1. The number of nitrogens with one attached hydrogen (secondary N) is 2. The van der Waals surface area contributed by atoms with Crippen LogP contribution in [0.3, 0.4) is 0 Å². The average molecular weight is 234 g/mol. The first kappa shape index (κ1) is 11.9. The number of phenols is 1. The molecule has 1 heterocycles. The van der Waals surface area contributed by atoms with Crippen LogP contribution < -0.4 is 10.6 Å². The van der Waals surface area contributed by atoms with E-state index in [9.17, 15) is 9.90 Å². The second kappa shape index (κ2) is 5.19. The van der Waals surface area contributed by atoms with Crippen molar-refractivity contribution in [2.75, 3.05) is 18.4 Å². The molecule has 0 saturated carbocycles. The second-order valence-corrected chi connectivity index (χ2v) is 4.51. The molecule has 0 unspecified atom stereocenters. The summed E-state index contributed by atoms with van der Waals surface area (Å²) >= 11 is 0. The van der Waals surface area contributed by atoms with Crippen LogP contribution in [0.15, 0.2) is 18.2 Å². The summed E-state index contributed by atoms with van der Waals surface area (Å²) in [6.07, 6.45) is 1.76. The topological polar surface area (TPSA) is 61.4 Å². The molecule has 1 saturated heterocycles. The summed E-state index contributed by atoms with van der Waals surface area (Å²) in [4.78, 5) is 11.9. The molecule has 3 N–H and O–H groups in total. The van der Waals surface area contributed by atoms with Crippen molar-refractivity contribution < 1.29 is 9.90 Å². The molecule has 1 aromatic rings. The van der Waals surface area contributed by atoms with Gasteiger partial charge in [0.15, 0.2) is 0 Å². The number of phenolic OH excluding ortho intramolecular Hbond substituents is 1. The van der Waals surface area contributed by atoms with E-state index in [1.165, 1.54) is 0 Å². The van der Waals surface area contributed by atoms with Gasteiger partial charge in [0.25, 0.3) is 0 Å². The molecule has 0 spiro atoms. The van der Waals surface area contributed by atoms with E-state index in [-0.39, 0.29) is 17.6 Å². The fourth-order valence-corrected chi connectivity index (χ4v) is 2.02. The zero-order valence-corrected chi connectivity index (χ0v) is 9.99. The van der Waals surface area contributed by atoms with Crippen molar-refractivity contribution in [3.8, 4) is 5.75 Å². The van der Waals surface area contributed by atoms with E-state index in [2.05, 4.69) is 10.6 Å². The molecule has 0 aromatic heterocycles. The molecule has 0 bridgehead atoms. The third kappa shape index (κ3) is 2.97. The average Bonchev–Trinajstić information content (AvgIpc) is 2.35. The maximum atomic E-state index is 11.9. The molecular weight excluding hydrogens is 216 g/mol. The summed E-state index contributed by atoms with van der Waals surface area (Å²) in [6, 6.07) is 5.20. The van der Waals surface area contributed by atoms with Crippen molar-refractivity contribution in [3.05, 3.63) is 23.8 Å². The van der Waals surface area contributed by atoms with Crippen LogP contribution >= 0.6 is 0 Å². The summed E-state index contributed by atoms with van der Waals surface area (Å²) in [5.41, 5.74) is 1.47. The molecule has 1 fully saturated rings. The lowest BCUT2D eigenvalue weighted by Gasteiger charge is -2.21. The van der Waals surface area contributed by atoms with Gasteiger partial charge in [0.2, 0.25) is 5.91 Å². The van der Waals surface area contributed by atoms with Gasteiger partial charge in [0, 0.05) is 17.7 Å². The molecule has 1 aliphatic rings. The van der Waals surface area contributed by atoms with Crippen LogP contribution in [0.5, 0.6) is 5.75 Å². The summed E-state index contributed by atoms with van der Waals surface area (Å²) in [7, 11) is 0. The molecule has 92 valence electrons. The van der Waals surface area contributed by atoms with Crippen LogP contribution in [0.4, 0.5) is 5.69 Å². The number of aryl methyl sites for hydroxylation is 1. The number of hydrogen-bond donors (Lipinski definition) is 3. The van der Waals surface area contributed by atoms with Crippen molar-refractivity contribution in [1.82, 2.24) is 5.32 Å². The van der Waals surface area contributed by atoms with E-state index in [4.69, 9.17) is 0 Å². The molecular formula is C13H18N2O2. The summed E-state index contributed by atoms with van der Waals surface area (Å²) in [5, 5.41) is 15.6. The lowest BCUT2D eigenvalue weighted by molar-refractivity contribution is -0.120. The van der Waals surface area contributed by atoms with Gasteiger partial charge in [0.1, 0.15) is 5.75 Å². The number of benzene rings is 1. The smallest absolute Gasteiger partial charge is 0.227 e. The normalized spacial score (nSPS) is 16.8. The Kier molecular flexibility index (Phi) is 3.64. The zero-order valence-electron chi connectivity index (χ0n) is 9.99. The van der Waals surface area contributed by atoms with Crippen molar-refractivity contribution in [2.24, 2.45) is 5.92 Å². The van der Waals surface area contributed by atoms with Gasteiger partial charge in [-0.3, -0.25) is 4.79 Å². The number of anilines is 1. The highest BCUT2D eigenvalue weighted by molar-refractivity contribution is 5.92. The fraction of sp³-hybridized carbons (Fsp3) is 0.462. The molecule has 1 aromatic carbocycles. The fourth-order valence-electron chi connectivity index (χ4n) is 2.02. The first-order chi connectivity index (χ1) is 8.16. The Morgan fingerprint density at radius 3 is 2.76 bits per heavy atom. The van der Waals surface area contributed by atoms with Crippen molar-refractivity contribution >= 4 is 11.6 Å². The van der Waals surface area contributed by atoms with Gasteiger partial charge in [-0.15, -0.1) is 0 Å². The number of amides is 1. The van der Waals surface area contributed by atoms with Gasteiger partial charge in [0.05, 0.1) is 0 Å². The molecule has 4 heteroatoms. The quantitative estimate of drug-likeness (QED) is 0.729. The van der Waals surface area contributed by atoms with Crippen LogP contribution in [0.2, 0.25) is 0 Å². The van der Waals surface area contributed by atoms with E-state index >= 15 is 0 Å². The Morgan fingerprint density at radius 2 is 2.12 bits per heavy atom. The molecule has 17 heavy (non-hydrogen) atoms. The van der Waals surface area contributed by atoms with Gasteiger partial charge in [-0.1, -0.05) is 6.07 Å². The molecule has 1 amide bonds. The number of carbonyl (C=O) groups excluding carboxylic acids is 1. The maximum Gasteiger partial charge on any atom is 0.227 e. The Morgan fingerprint density at radius 1 is 1.41 bits per heavy atom. The highest BCUT2D eigenvalue weighted by Crippen LogP contribution is 2.22. The third-order valence-electron chi connectivity index (χ3n) is 3.19. The second-order valence-electron chi connectivity index (χ2n) is 4.51. The lowest BCUT2D eigenvalue weighted by atomic mass is 9.97. The first-order valence-corrected chi connectivity index (χ1v) is 5.98. The van der Waals surface area contributed by atoms with Gasteiger partial charge in [-0.05, 0) is 44.5 Å². The predicted octanol–water partition coefficient (Wildman–Crippen LogP) is 1.64. The molecule has 4 nitrogen and oxygen atoms in total. The summed E-state index contributed by atoms with van der Waals surface area (Å²) in [6.45, 7) is 3.63. The maximum absolute atomic E-state index is 11.9. The van der Waals surface area contributed by atoms with E-state index in [1.54, 1.807) is 12.1 Å². The predicted molar refractivity (Wildman–Crippen MR) is 67.1 cm³/mol. The largest absolute Gasteiger partial charge is 0.508 e. The lowest BCUT2D eigenvalue weighted by Crippen LogP contribution is -2.34. The molecule has 1 aliphatic heterocycles. The Hall–Kier alpha value is -1.55. The van der Waals surface area contributed by atoms with E-state index in [0.717, 1.165) is 31.5 Å². The molecule has 0 radical (unpaired) electrons. The van der Waals surface area contributed by atoms with Crippen molar-refractivity contribution in [2.45, 2.75) is 19.8 Å². The number of rotatable bonds is 2. The van der Waals surface area contributed by atoms with Crippen LogP contribution in [0, 0.1) is 12.8 Å². The van der Waals surface area contributed by atoms with Gasteiger partial charge in [-0.25, -0.2) is 0 Å². The first-order valence-electron chi connectivity index (χ1n) is 5.98. The summed E-state index contributed by atoms with van der Waals surface area (Å²) in [5.74, 6) is 0.350. The third-order valence-corrected chi connectivity index (χ3v) is 3.19. The SMILES string of the molecule is Cc1ccc(NC(=O)C2CCNCC2)cc1O. The van der Waals surface area contributed by atoms with E-state index < -0.39 is 0 Å². The monoisotopic (exact) mass is 234 g/mol. The highest BCUT2D eigenvalue weighted by Gasteiger charge is 2.20. The highest BCUT2D eigenvalue weighted by atomic mass is 16.3. The Labute approximate surface area is 101 Å². The van der Waals surface area contributed by atoms with Gasteiger partial charge < -0.3 is 15.7 Å². The van der Waals surface area contributed by atoms with Gasteiger partial charge in [-0.2, -0.15) is 0 Å². The minimum absolute atomic E-state index is 0.0507. The van der Waals surface area contributed by atoms with Crippen LogP contribution in [-0.4, -0.2) is 24.1 Å². The summed E-state index contributed by atoms with van der Waals surface area (Å²) < 4.78 is 0. The molecule has 0 atom stereocenters. The van der Waals surface area contributed by atoms with E-state index in [1.807, 2.05) is 13.0 Å². The zero-order chi connectivity index (χ0) is 12.3. The molecule has 0 aliphatic carbocycles. The number of carbonyl (C=O) groups is 1. The number of aromatic hydroxyl groups is 1. The molecule has 2 rings (SSSR count). The Balaban J connectivity index is 1.99. The van der Waals surface area contributed by atoms with Crippen LogP contribution in [0.1, 0.15) is 18.4 Å². The van der Waals surface area contributed by atoms with Crippen LogP contribution in [0.25, 0.3) is 0 Å². The van der Waals surface area contributed by atoms with Crippen molar-refractivity contribution in [1.29, 1.82) is 0 Å². The number of hydrogen-bond acceptors (Lipinski definition) is 3. The minimum atomic E-state index is 0.0507. The van der Waals surface area contributed by atoms with Crippen LogP contribution in [-0.2, 0) is 4.79 Å². The minimum Gasteiger partial charge on any atom is -0.508 e. The Bertz CT molecular complexity index is 412. The van der Waals surface area contributed by atoms with Crippen molar-refractivity contribution in [3.63, 3.8) is 0 Å². The van der Waals surface area contributed by atoms with E-state index in [0.29, 0.717) is 5.69 Å². The standard InChI is InChI=1S/C13H18N2O2/c1-9-2-3-11(8-12(9)16)15-13(17)10-4-6-14-7-5-10/h2-3,8,10,14,16H,4-7H2,1H3,(H,15,17).